The van der Waals surface area contributed by atoms with Gasteiger partial charge in [-0.15, -0.1) is 0 Å². The number of ether oxygens (including phenoxy) is 1. The molecule has 6 nitrogen and oxygen atoms in total. The van der Waals surface area contributed by atoms with Gasteiger partial charge in [-0.2, -0.15) is 0 Å². The highest BCUT2D eigenvalue weighted by Gasteiger charge is 2.29. The molecule has 0 saturated carbocycles. The van der Waals surface area contributed by atoms with Gasteiger partial charge in [0.25, 0.3) is 5.56 Å². The first kappa shape index (κ1) is 19.2. The molecule has 0 fully saturated rings. The summed E-state index contributed by atoms with van der Waals surface area (Å²) in [6.07, 6.45) is 1.94. The molecule has 0 N–H and O–H groups in total. The molecule has 0 atom stereocenters. The van der Waals surface area contributed by atoms with E-state index in [-0.39, 0.29) is 18.2 Å². The lowest BCUT2D eigenvalue weighted by atomic mass is 9.97. The molecule has 1 aliphatic heterocycles. The van der Waals surface area contributed by atoms with Crippen LogP contribution in [0.2, 0.25) is 0 Å². The maximum atomic E-state index is 13.4. The maximum absolute atomic E-state index is 13.4. The third-order valence-corrected chi connectivity index (χ3v) is 5.05. The molecule has 1 aromatic carbocycles. The van der Waals surface area contributed by atoms with E-state index in [9.17, 15) is 9.59 Å². The lowest BCUT2D eigenvalue weighted by molar-refractivity contribution is 0.0223. The third kappa shape index (κ3) is 3.88. The minimum atomic E-state index is -0.571. The molecule has 3 aromatic rings. The summed E-state index contributed by atoms with van der Waals surface area (Å²) in [7, 11) is 0. The molecule has 3 heterocycles. The molecule has 6 heteroatoms. The maximum Gasteiger partial charge on any atom is 0.410 e. The van der Waals surface area contributed by atoms with Gasteiger partial charge in [-0.3, -0.25) is 9.36 Å². The summed E-state index contributed by atoms with van der Waals surface area (Å²) in [5.74, 6) is 0. The fourth-order valence-corrected chi connectivity index (χ4v) is 3.76. The van der Waals surface area contributed by atoms with Crippen LogP contribution >= 0.6 is 0 Å². The number of pyridine rings is 2. The number of rotatable bonds is 2. The highest BCUT2D eigenvalue weighted by Crippen LogP contribution is 2.25. The van der Waals surface area contributed by atoms with Crippen LogP contribution in [-0.4, -0.2) is 32.7 Å². The lowest BCUT2D eigenvalue weighted by Gasteiger charge is -2.31. The van der Waals surface area contributed by atoms with Crippen molar-refractivity contribution in [3.8, 4) is 0 Å². The second kappa shape index (κ2) is 7.35. The predicted molar refractivity (Wildman–Crippen MR) is 112 cm³/mol. The first-order valence-corrected chi connectivity index (χ1v) is 9.84. The Bertz CT molecular complexity index is 1110. The van der Waals surface area contributed by atoms with E-state index in [1.54, 1.807) is 15.7 Å². The molecule has 0 radical (unpaired) electrons. The van der Waals surface area contributed by atoms with Gasteiger partial charge < -0.3 is 9.64 Å². The van der Waals surface area contributed by atoms with E-state index in [0.29, 0.717) is 30.7 Å². The van der Waals surface area contributed by atoms with Gasteiger partial charge in [-0.1, -0.05) is 30.3 Å². The van der Waals surface area contributed by atoms with E-state index in [1.807, 2.05) is 63.2 Å². The molecule has 0 saturated heterocycles. The van der Waals surface area contributed by atoms with Gasteiger partial charge >= 0.3 is 6.09 Å². The van der Waals surface area contributed by atoms with E-state index < -0.39 is 5.60 Å². The standard InChI is InChI=1S/C23H25N3O3/c1-23(2,3)29-22(28)25-13-11-17-18-10-7-12-24-20(18)26(21(27)19(17)15-25)14-16-8-5-4-6-9-16/h4-10,12H,11,13-15H2,1-3H3. The van der Waals surface area contributed by atoms with Gasteiger partial charge in [0.2, 0.25) is 0 Å². The van der Waals surface area contributed by atoms with Crippen LogP contribution in [0.5, 0.6) is 0 Å². The monoisotopic (exact) mass is 391 g/mol. The molecular weight excluding hydrogens is 366 g/mol. The van der Waals surface area contributed by atoms with E-state index in [2.05, 4.69) is 4.98 Å². The molecular formula is C23H25N3O3. The number of carbonyl (C=O) groups is 1. The Morgan fingerprint density at radius 2 is 1.86 bits per heavy atom. The predicted octanol–water partition coefficient (Wildman–Crippen LogP) is 3.74. The van der Waals surface area contributed by atoms with Crippen LogP contribution in [0.1, 0.15) is 37.5 Å². The first-order valence-electron chi connectivity index (χ1n) is 9.84. The first-order chi connectivity index (χ1) is 13.8. The quantitative estimate of drug-likeness (QED) is 0.668. The van der Waals surface area contributed by atoms with Crippen molar-refractivity contribution in [1.82, 2.24) is 14.5 Å². The number of hydrogen-bond donors (Lipinski definition) is 0. The van der Waals surface area contributed by atoms with Gasteiger partial charge in [0.05, 0.1) is 13.1 Å². The molecule has 150 valence electrons. The molecule has 0 spiro atoms. The Morgan fingerprint density at radius 1 is 1.10 bits per heavy atom. The molecule has 29 heavy (non-hydrogen) atoms. The topological polar surface area (TPSA) is 64.4 Å². The number of fused-ring (bicyclic) bond motifs is 3. The van der Waals surface area contributed by atoms with Crippen LogP contribution < -0.4 is 5.56 Å². The number of carbonyl (C=O) groups excluding carboxylic acids is 1. The van der Waals surface area contributed by atoms with Crippen LogP contribution in [0.25, 0.3) is 11.0 Å². The molecule has 1 aliphatic rings. The van der Waals surface area contributed by atoms with Crippen molar-refractivity contribution in [2.24, 2.45) is 0 Å². The van der Waals surface area contributed by atoms with Crippen molar-refractivity contribution in [3.63, 3.8) is 0 Å². The van der Waals surface area contributed by atoms with Crippen molar-refractivity contribution in [2.45, 2.75) is 45.9 Å². The number of nitrogens with zero attached hydrogens (tertiary/aromatic N) is 3. The molecule has 0 unspecified atom stereocenters. The van der Waals surface area contributed by atoms with E-state index in [1.165, 1.54) is 0 Å². The lowest BCUT2D eigenvalue weighted by Crippen LogP contribution is -2.43. The Labute approximate surface area is 169 Å². The molecule has 2 aromatic heterocycles. The zero-order valence-corrected chi connectivity index (χ0v) is 17.0. The third-order valence-electron chi connectivity index (χ3n) is 5.05. The summed E-state index contributed by atoms with van der Waals surface area (Å²) in [5.41, 5.74) is 2.69. The average molecular weight is 391 g/mol. The van der Waals surface area contributed by atoms with Crippen molar-refractivity contribution in [2.75, 3.05) is 6.54 Å². The summed E-state index contributed by atoms with van der Waals surface area (Å²) in [4.78, 5) is 32.1. The second-order valence-electron chi connectivity index (χ2n) is 8.36. The molecule has 4 rings (SSSR count). The largest absolute Gasteiger partial charge is 0.444 e. The molecule has 0 bridgehead atoms. The van der Waals surface area contributed by atoms with Crippen LogP contribution in [0.4, 0.5) is 4.79 Å². The molecule has 0 aliphatic carbocycles. The number of hydrogen-bond acceptors (Lipinski definition) is 4. The van der Waals surface area contributed by atoms with E-state index >= 15 is 0 Å². The highest BCUT2D eigenvalue weighted by atomic mass is 16.6. The van der Waals surface area contributed by atoms with Crippen molar-refractivity contribution in [1.29, 1.82) is 0 Å². The fraction of sp³-hybridized carbons (Fsp3) is 0.348. The summed E-state index contributed by atoms with van der Waals surface area (Å²) in [5, 5.41) is 0.974. The SMILES string of the molecule is CC(C)(C)OC(=O)N1CCc2c(c(=O)n(Cc3ccccc3)c3ncccc23)C1. The number of aromatic nitrogens is 2. The number of amides is 1. The van der Waals surface area contributed by atoms with Crippen LogP contribution in [0.15, 0.2) is 53.5 Å². The summed E-state index contributed by atoms with van der Waals surface area (Å²) >= 11 is 0. The Balaban J connectivity index is 1.78. The van der Waals surface area contributed by atoms with Crippen molar-refractivity contribution < 1.29 is 9.53 Å². The van der Waals surface area contributed by atoms with Gasteiger partial charge in [-0.05, 0) is 50.5 Å². The minimum absolute atomic E-state index is 0.0942. The Hall–Kier alpha value is -3.15. The zero-order valence-electron chi connectivity index (χ0n) is 17.0. The van der Waals surface area contributed by atoms with Crippen molar-refractivity contribution in [3.05, 3.63) is 75.7 Å². The average Bonchev–Trinajstić information content (AvgIpc) is 2.70. The van der Waals surface area contributed by atoms with Crippen LogP contribution in [0.3, 0.4) is 0 Å². The van der Waals surface area contributed by atoms with E-state index in [0.717, 1.165) is 16.5 Å². The van der Waals surface area contributed by atoms with E-state index in [4.69, 9.17) is 4.74 Å². The van der Waals surface area contributed by atoms with Crippen molar-refractivity contribution >= 4 is 17.1 Å². The number of benzene rings is 1. The smallest absolute Gasteiger partial charge is 0.410 e. The highest BCUT2D eigenvalue weighted by molar-refractivity contribution is 5.81. The fourth-order valence-electron chi connectivity index (χ4n) is 3.76. The van der Waals surface area contributed by atoms with Gasteiger partial charge in [0.1, 0.15) is 11.2 Å². The normalized spacial score (nSPS) is 14.0. The summed E-state index contributed by atoms with van der Waals surface area (Å²) < 4.78 is 7.22. The van der Waals surface area contributed by atoms with Gasteiger partial charge in [-0.25, -0.2) is 9.78 Å². The zero-order chi connectivity index (χ0) is 20.6. The minimum Gasteiger partial charge on any atom is -0.444 e. The Morgan fingerprint density at radius 3 is 2.59 bits per heavy atom. The van der Waals surface area contributed by atoms with Crippen LogP contribution in [-0.2, 0) is 24.2 Å². The molecule has 1 amide bonds. The second-order valence-corrected chi connectivity index (χ2v) is 8.36. The van der Waals surface area contributed by atoms with Gasteiger partial charge in [0, 0.05) is 23.7 Å². The summed E-state index contributed by atoms with van der Waals surface area (Å²) in [6, 6.07) is 13.7. The Kier molecular flexibility index (Phi) is 4.86. The van der Waals surface area contributed by atoms with Crippen LogP contribution in [0, 0.1) is 0 Å². The summed E-state index contributed by atoms with van der Waals surface area (Å²) in [6.45, 7) is 6.74. The van der Waals surface area contributed by atoms with Gasteiger partial charge in [0.15, 0.2) is 0 Å².